The summed E-state index contributed by atoms with van der Waals surface area (Å²) in [5.74, 6) is 0.231. The number of hydrogen-bond donors (Lipinski definition) is 1. The summed E-state index contributed by atoms with van der Waals surface area (Å²) in [7, 11) is 0. The molecule has 17 heavy (non-hydrogen) atoms. The van der Waals surface area contributed by atoms with Gasteiger partial charge in [0.1, 0.15) is 0 Å². The summed E-state index contributed by atoms with van der Waals surface area (Å²) >= 11 is 0. The van der Waals surface area contributed by atoms with Crippen LogP contribution in [0.2, 0.25) is 0 Å². The number of rotatable bonds is 4. The Labute approximate surface area is 98.3 Å². The predicted octanol–water partition coefficient (Wildman–Crippen LogP) is 3.42. The normalized spacial score (nSPS) is 20.6. The van der Waals surface area contributed by atoms with Gasteiger partial charge < -0.3 is 5.11 Å². The smallest absolute Gasteiger partial charge is 0.389 e. The lowest BCUT2D eigenvalue weighted by molar-refractivity contribution is -0.140. The maximum Gasteiger partial charge on any atom is 0.389 e. The fraction of sp³-hybridized carbons (Fsp3) is 0.538. The van der Waals surface area contributed by atoms with Crippen molar-refractivity contribution in [1.29, 1.82) is 0 Å². The van der Waals surface area contributed by atoms with E-state index in [2.05, 4.69) is 0 Å². The zero-order valence-corrected chi connectivity index (χ0v) is 9.37. The van der Waals surface area contributed by atoms with Crippen LogP contribution in [0.25, 0.3) is 0 Å². The third-order valence-electron chi connectivity index (χ3n) is 3.28. The minimum absolute atomic E-state index is 0.192. The Kier molecular flexibility index (Phi) is 3.43. The van der Waals surface area contributed by atoms with E-state index < -0.39 is 18.7 Å². The van der Waals surface area contributed by atoms with E-state index in [0.29, 0.717) is 6.42 Å². The minimum atomic E-state index is -4.17. The molecule has 0 aliphatic heterocycles. The molecule has 0 radical (unpaired) electrons. The van der Waals surface area contributed by atoms with Gasteiger partial charge in [-0.1, -0.05) is 24.3 Å². The Morgan fingerprint density at radius 3 is 2.65 bits per heavy atom. The summed E-state index contributed by atoms with van der Waals surface area (Å²) in [4.78, 5) is 0. The summed E-state index contributed by atoms with van der Waals surface area (Å²) in [6, 6.07) is 7.89. The second kappa shape index (κ2) is 4.69. The fourth-order valence-electron chi connectivity index (χ4n) is 2.35. The van der Waals surface area contributed by atoms with Crippen LogP contribution < -0.4 is 0 Å². The first-order valence-corrected chi connectivity index (χ1v) is 5.78. The quantitative estimate of drug-likeness (QED) is 0.860. The third kappa shape index (κ3) is 3.22. The van der Waals surface area contributed by atoms with Crippen molar-refractivity contribution < 1.29 is 18.3 Å². The molecule has 1 aliphatic carbocycles. The topological polar surface area (TPSA) is 20.2 Å². The summed E-state index contributed by atoms with van der Waals surface area (Å²) in [5, 5.41) is 9.57. The van der Waals surface area contributed by atoms with Gasteiger partial charge in [-0.2, -0.15) is 13.2 Å². The highest BCUT2D eigenvalue weighted by Crippen LogP contribution is 2.38. The highest BCUT2D eigenvalue weighted by Gasteiger charge is 2.31. The summed E-state index contributed by atoms with van der Waals surface area (Å²) in [6.45, 7) is 0. The molecule has 0 saturated carbocycles. The number of aliphatic hydroxyl groups excluding tert-OH is 1. The van der Waals surface area contributed by atoms with Crippen LogP contribution in [-0.4, -0.2) is 17.4 Å². The van der Waals surface area contributed by atoms with Crippen molar-refractivity contribution in [3.8, 4) is 0 Å². The van der Waals surface area contributed by atoms with Crippen LogP contribution in [0.15, 0.2) is 24.3 Å². The standard InChI is InChI=1S/C13H15F3O/c14-13(15,16)6-5-11(17)8-10-7-9-3-1-2-4-12(9)10/h1-4,10-11,17H,5-8H2. The molecule has 0 fully saturated rings. The molecule has 2 unspecified atom stereocenters. The van der Waals surface area contributed by atoms with Gasteiger partial charge in [0.2, 0.25) is 0 Å². The monoisotopic (exact) mass is 244 g/mol. The summed E-state index contributed by atoms with van der Waals surface area (Å²) in [5.41, 5.74) is 2.43. The largest absolute Gasteiger partial charge is 0.393 e. The molecule has 1 aromatic rings. The maximum absolute atomic E-state index is 12.0. The molecule has 4 heteroatoms. The van der Waals surface area contributed by atoms with Gasteiger partial charge in [0.05, 0.1) is 6.10 Å². The molecule has 0 bridgehead atoms. The second-order valence-electron chi connectivity index (χ2n) is 4.64. The van der Waals surface area contributed by atoms with E-state index in [0.717, 1.165) is 6.42 Å². The van der Waals surface area contributed by atoms with Gasteiger partial charge in [-0.05, 0) is 36.3 Å². The summed E-state index contributed by atoms with van der Waals surface area (Å²) < 4.78 is 35.9. The van der Waals surface area contributed by atoms with Crippen LogP contribution in [-0.2, 0) is 6.42 Å². The van der Waals surface area contributed by atoms with Crippen LogP contribution in [0.3, 0.4) is 0 Å². The van der Waals surface area contributed by atoms with Gasteiger partial charge >= 0.3 is 6.18 Å². The maximum atomic E-state index is 12.0. The van der Waals surface area contributed by atoms with Crippen molar-refractivity contribution in [2.45, 2.75) is 43.9 Å². The summed E-state index contributed by atoms with van der Waals surface area (Å²) in [6.07, 6.45) is -4.80. The van der Waals surface area contributed by atoms with Crippen molar-refractivity contribution >= 4 is 0 Å². The van der Waals surface area contributed by atoms with Crippen LogP contribution in [0.4, 0.5) is 13.2 Å². The number of hydrogen-bond acceptors (Lipinski definition) is 1. The average Bonchev–Trinajstić information content (AvgIpc) is 2.22. The van der Waals surface area contributed by atoms with Gasteiger partial charge in [-0.25, -0.2) is 0 Å². The van der Waals surface area contributed by atoms with E-state index in [1.54, 1.807) is 0 Å². The van der Waals surface area contributed by atoms with E-state index >= 15 is 0 Å². The molecule has 2 atom stereocenters. The highest BCUT2D eigenvalue weighted by atomic mass is 19.4. The van der Waals surface area contributed by atoms with E-state index in [1.807, 2.05) is 24.3 Å². The molecule has 0 spiro atoms. The Morgan fingerprint density at radius 2 is 2.00 bits per heavy atom. The Hall–Kier alpha value is -1.03. The van der Waals surface area contributed by atoms with Crippen LogP contribution in [0.1, 0.15) is 36.3 Å². The van der Waals surface area contributed by atoms with Gasteiger partial charge in [-0.3, -0.25) is 0 Å². The highest BCUT2D eigenvalue weighted by molar-refractivity contribution is 5.39. The van der Waals surface area contributed by atoms with Gasteiger partial charge in [0.25, 0.3) is 0 Å². The Balaban J connectivity index is 1.80. The van der Waals surface area contributed by atoms with Crippen LogP contribution in [0.5, 0.6) is 0 Å². The number of alkyl halides is 3. The first-order valence-electron chi connectivity index (χ1n) is 5.78. The molecule has 1 aliphatic rings. The minimum Gasteiger partial charge on any atom is -0.393 e. The molecule has 1 aromatic carbocycles. The molecule has 0 heterocycles. The number of fused-ring (bicyclic) bond motifs is 1. The molecular formula is C13H15F3O. The molecule has 2 rings (SSSR count). The number of halogens is 3. The zero-order valence-electron chi connectivity index (χ0n) is 9.37. The first kappa shape index (κ1) is 12.4. The zero-order chi connectivity index (χ0) is 12.5. The van der Waals surface area contributed by atoms with E-state index in [1.165, 1.54) is 11.1 Å². The van der Waals surface area contributed by atoms with Crippen molar-refractivity contribution in [3.63, 3.8) is 0 Å². The molecule has 94 valence electrons. The molecule has 0 saturated heterocycles. The lowest BCUT2D eigenvalue weighted by Gasteiger charge is -2.31. The van der Waals surface area contributed by atoms with Crippen molar-refractivity contribution in [2.75, 3.05) is 0 Å². The number of aliphatic hydroxyl groups is 1. The Bertz CT molecular complexity index is 386. The van der Waals surface area contributed by atoms with Crippen LogP contribution >= 0.6 is 0 Å². The molecular weight excluding hydrogens is 229 g/mol. The number of benzene rings is 1. The van der Waals surface area contributed by atoms with Crippen LogP contribution in [0, 0.1) is 0 Å². The van der Waals surface area contributed by atoms with Gasteiger partial charge in [0, 0.05) is 6.42 Å². The van der Waals surface area contributed by atoms with E-state index in [-0.39, 0.29) is 12.3 Å². The fourth-order valence-corrected chi connectivity index (χ4v) is 2.35. The molecule has 1 nitrogen and oxygen atoms in total. The lowest BCUT2D eigenvalue weighted by Crippen LogP contribution is -2.23. The molecule has 0 amide bonds. The van der Waals surface area contributed by atoms with Crippen molar-refractivity contribution in [3.05, 3.63) is 35.4 Å². The predicted molar refractivity (Wildman–Crippen MR) is 58.8 cm³/mol. The van der Waals surface area contributed by atoms with E-state index in [4.69, 9.17) is 0 Å². The first-order chi connectivity index (χ1) is 7.96. The molecule has 0 aromatic heterocycles. The van der Waals surface area contributed by atoms with E-state index in [9.17, 15) is 18.3 Å². The SMILES string of the molecule is OC(CCC(F)(F)F)CC1Cc2ccccc21. The lowest BCUT2D eigenvalue weighted by atomic mass is 9.74. The Morgan fingerprint density at radius 1 is 1.29 bits per heavy atom. The van der Waals surface area contributed by atoms with Gasteiger partial charge in [0.15, 0.2) is 0 Å². The average molecular weight is 244 g/mol. The van der Waals surface area contributed by atoms with Crippen molar-refractivity contribution in [1.82, 2.24) is 0 Å². The van der Waals surface area contributed by atoms with Crippen molar-refractivity contribution in [2.24, 2.45) is 0 Å². The third-order valence-corrected chi connectivity index (χ3v) is 3.28. The van der Waals surface area contributed by atoms with Gasteiger partial charge in [-0.15, -0.1) is 0 Å². The molecule has 1 N–H and O–H groups in total. The second-order valence-corrected chi connectivity index (χ2v) is 4.64.